The summed E-state index contributed by atoms with van der Waals surface area (Å²) in [6, 6.07) is 8.22. The van der Waals surface area contributed by atoms with E-state index in [1.807, 2.05) is 25.1 Å². The number of methoxy groups -OCH3 is 4. The number of rotatable bonds is 9. The van der Waals surface area contributed by atoms with Crippen LogP contribution >= 0.6 is 0 Å². The van der Waals surface area contributed by atoms with Gasteiger partial charge in [-0.25, -0.2) is 0 Å². The lowest BCUT2D eigenvalue weighted by atomic mass is 9.79. The molecule has 1 aliphatic heterocycles. The Morgan fingerprint density at radius 2 is 1.53 bits per heavy atom. The summed E-state index contributed by atoms with van der Waals surface area (Å²) in [6.07, 6.45) is 0. The maximum atomic E-state index is 13.6. The van der Waals surface area contributed by atoms with E-state index in [1.165, 1.54) is 14.2 Å². The second-order valence-corrected chi connectivity index (χ2v) is 8.34. The van der Waals surface area contributed by atoms with Gasteiger partial charge in [0.25, 0.3) is 5.91 Å². The standard InChI is InChI=1S/C25H33N3O6/c1-27(2)11-10-26-24(29)22-16-13-20(33-6)21(34-7)14-17(16)25(30)28(3)23(22)15-8-9-18(31-4)19(12-15)32-5/h8-9,12-14,22-23H,10-11H2,1-7H3,(H,26,29)/t22-,23+/m1/s1. The zero-order chi connectivity index (χ0) is 25.0. The van der Waals surface area contributed by atoms with Crippen LogP contribution < -0.4 is 24.3 Å². The van der Waals surface area contributed by atoms with Gasteiger partial charge < -0.3 is 34.1 Å². The van der Waals surface area contributed by atoms with E-state index in [0.29, 0.717) is 47.2 Å². The van der Waals surface area contributed by atoms with Crippen LogP contribution in [0.4, 0.5) is 0 Å². The Labute approximate surface area is 200 Å². The van der Waals surface area contributed by atoms with Gasteiger partial charge in [-0.2, -0.15) is 0 Å². The minimum atomic E-state index is -0.683. The second kappa shape index (κ2) is 10.6. The zero-order valence-corrected chi connectivity index (χ0v) is 20.8. The molecule has 0 saturated carbocycles. The van der Waals surface area contributed by atoms with Crippen LogP contribution in [0.2, 0.25) is 0 Å². The van der Waals surface area contributed by atoms with Crippen LogP contribution in [0.15, 0.2) is 30.3 Å². The van der Waals surface area contributed by atoms with Crippen molar-refractivity contribution in [1.82, 2.24) is 15.1 Å². The van der Waals surface area contributed by atoms with Crippen molar-refractivity contribution >= 4 is 11.8 Å². The molecule has 0 radical (unpaired) electrons. The second-order valence-electron chi connectivity index (χ2n) is 8.34. The number of carbonyl (C=O) groups is 2. The van der Waals surface area contributed by atoms with Crippen molar-refractivity contribution in [1.29, 1.82) is 0 Å². The first kappa shape index (κ1) is 25.2. The normalized spacial score (nSPS) is 17.3. The summed E-state index contributed by atoms with van der Waals surface area (Å²) in [4.78, 5) is 30.6. The summed E-state index contributed by atoms with van der Waals surface area (Å²) < 4.78 is 21.7. The Bertz CT molecular complexity index is 1060. The topological polar surface area (TPSA) is 89.6 Å². The number of fused-ring (bicyclic) bond motifs is 1. The predicted molar refractivity (Wildman–Crippen MR) is 128 cm³/mol. The van der Waals surface area contributed by atoms with Crippen molar-refractivity contribution in [3.05, 3.63) is 47.0 Å². The Hall–Kier alpha value is -3.46. The lowest BCUT2D eigenvalue weighted by molar-refractivity contribution is -0.124. The quantitative estimate of drug-likeness (QED) is 0.600. The molecule has 0 aromatic heterocycles. The van der Waals surface area contributed by atoms with Crippen LogP contribution in [0.1, 0.15) is 33.4 Å². The Kier molecular flexibility index (Phi) is 7.88. The molecule has 0 saturated heterocycles. The van der Waals surface area contributed by atoms with E-state index in [9.17, 15) is 9.59 Å². The SMILES string of the molecule is COc1ccc([C@H]2[C@H](C(=O)NCCN(C)C)c3cc(OC)c(OC)cc3C(=O)N2C)cc1OC. The summed E-state index contributed by atoms with van der Waals surface area (Å²) in [5.74, 6) is 0.885. The fraction of sp³-hybridized carbons (Fsp3) is 0.440. The molecule has 9 heteroatoms. The van der Waals surface area contributed by atoms with Crippen molar-refractivity contribution in [2.75, 3.05) is 62.7 Å². The first-order valence-corrected chi connectivity index (χ1v) is 10.9. The van der Waals surface area contributed by atoms with E-state index < -0.39 is 12.0 Å². The summed E-state index contributed by atoms with van der Waals surface area (Å²) in [6.45, 7) is 1.16. The molecule has 2 atom stereocenters. The highest BCUT2D eigenvalue weighted by molar-refractivity contribution is 6.02. The van der Waals surface area contributed by atoms with E-state index in [1.54, 1.807) is 50.4 Å². The van der Waals surface area contributed by atoms with Crippen LogP contribution in [-0.4, -0.2) is 84.3 Å². The van der Waals surface area contributed by atoms with Gasteiger partial charge in [-0.3, -0.25) is 9.59 Å². The van der Waals surface area contributed by atoms with E-state index in [-0.39, 0.29) is 11.8 Å². The summed E-state index contributed by atoms with van der Waals surface area (Å²) in [7, 11) is 11.7. The average Bonchev–Trinajstić information content (AvgIpc) is 2.84. The molecular weight excluding hydrogens is 438 g/mol. The van der Waals surface area contributed by atoms with Crippen LogP contribution in [0.25, 0.3) is 0 Å². The highest BCUT2D eigenvalue weighted by Crippen LogP contribution is 2.46. The highest BCUT2D eigenvalue weighted by atomic mass is 16.5. The highest BCUT2D eigenvalue weighted by Gasteiger charge is 2.43. The molecule has 0 unspecified atom stereocenters. The van der Waals surface area contributed by atoms with Gasteiger partial charge in [-0.05, 0) is 49.5 Å². The van der Waals surface area contributed by atoms with Crippen LogP contribution in [0.3, 0.4) is 0 Å². The number of carbonyl (C=O) groups excluding carboxylic acids is 2. The summed E-state index contributed by atoms with van der Waals surface area (Å²) in [5, 5.41) is 3.03. The van der Waals surface area contributed by atoms with E-state index in [2.05, 4.69) is 5.32 Å². The van der Waals surface area contributed by atoms with Crippen molar-refractivity contribution < 1.29 is 28.5 Å². The number of nitrogens with zero attached hydrogens (tertiary/aromatic N) is 2. The number of hydrogen-bond acceptors (Lipinski definition) is 7. The zero-order valence-electron chi connectivity index (χ0n) is 20.8. The van der Waals surface area contributed by atoms with Gasteiger partial charge in [-0.1, -0.05) is 6.07 Å². The van der Waals surface area contributed by atoms with Gasteiger partial charge in [0.2, 0.25) is 5.91 Å². The number of nitrogens with one attached hydrogen (secondary N) is 1. The monoisotopic (exact) mass is 471 g/mol. The van der Waals surface area contributed by atoms with E-state index >= 15 is 0 Å². The molecule has 0 bridgehead atoms. The van der Waals surface area contributed by atoms with Crippen molar-refractivity contribution in [3.63, 3.8) is 0 Å². The van der Waals surface area contributed by atoms with Crippen LogP contribution in [0.5, 0.6) is 23.0 Å². The van der Waals surface area contributed by atoms with Crippen molar-refractivity contribution in [2.45, 2.75) is 12.0 Å². The third kappa shape index (κ3) is 4.75. The molecule has 3 rings (SSSR count). The van der Waals surface area contributed by atoms with Gasteiger partial charge in [0.1, 0.15) is 0 Å². The largest absolute Gasteiger partial charge is 0.493 e. The fourth-order valence-electron chi connectivity index (χ4n) is 4.30. The number of hydrogen-bond donors (Lipinski definition) is 1. The van der Waals surface area contributed by atoms with Gasteiger partial charge in [0.05, 0.1) is 40.4 Å². The molecule has 1 heterocycles. The molecule has 2 aromatic rings. The molecule has 0 aliphatic carbocycles. The van der Waals surface area contributed by atoms with Gasteiger partial charge in [0.15, 0.2) is 23.0 Å². The molecule has 2 aromatic carbocycles. The predicted octanol–water partition coefficient (Wildman–Crippen LogP) is 2.31. The Balaban J connectivity index is 2.17. The third-order valence-corrected chi connectivity index (χ3v) is 6.06. The summed E-state index contributed by atoms with van der Waals surface area (Å²) in [5.41, 5.74) is 1.74. The molecule has 1 N–H and O–H groups in total. The molecule has 1 aliphatic rings. The minimum Gasteiger partial charge on any atom is -0.493 e. The number of likely N-dealkylation sites (N-methyl/N-ethyl adjacent to an activating group) is 2. The molecule has 34 heavy (non-hydrogen) atoms. The van der Waals surface area contributed by atoms with Gasteiger partial charge in [-0.15, -0.1) is 0 Å². The first-order valence-electron chi connectivity index (χ1n) is 10.9. The smallest absolute Gasteiger partial charge is 0.254 e. The minimum absolute atomic E-state index is 0.186. The summed E-state index contributed by atoms with van der Waals surface area (Å²) >= 11 is 0. The Morgan fingerprint density at radius 1 is 0.941 bits per heavy atom. The lowest BCUT2D eigenvalue weighted by Crippen LogP contribution is -2.46. The molecule has 184 valence electrons. The first-order chi connectivity index (χ1) is 16.3. The molecule has 9 nitrogen and oxygen atoms in total. The van der Waals surface area contributed by atoms with Gasteiger partial charge >= 0.3 is 0 Å². The fourth-order valence-corrected chi connectivity index (χ4v) is 4.30. The molecular formula is C25H33N3O6. The van der Waals surface area contributed by atoms with Crippen molar-refractivity contribution in [2.24, 2.45) is 0 Å². The maximum absolute atomic E-state index is 13.6. The van der Waals surface area contributed by atoms with Crippen LogP contribution in [0, 0.1) is 0 Å². The molecule has 2 amide bonds. The van der Waals surface area contributed by atoms with E-state index in [0.717, 1.165) is 5.56 Å². The van der Waals surface area contributed by atoms with Crippen LogP contribution in [-0.2, 0) is 4.79 Å². The van der Waals surface area contributed by atoms with Gasteiger partial charge in [0, 0.05) is 25.7 Å². The Morgan fingerprint density at radius 3 is 2.12 bits per heavy atom. The molecule has 0 fully saturated rings. The number of benzene rings is 2. The average molecular weight is 472 g/mol. The molecule has 0 spiro atoms. The lowest BCUT2D eigenvalue weighted by Gasteiger charge is -2.40. The van der Waals surface area contributed by atoms with E-state index in [4.69, 9.17) is 18.9 Å². The maximum Gasteiger partial charge on any atom is 0.254 e. The number of ether oxygens (including phenoxy) is 4. The third-order valence-electron chi connectivity index (χ3n) is 6.06. The number of amides is 2. The van der Waals surface area contributed by atoms with Crippen molar-refractivity contribution in [3.8, 4) is 23.0 Å².